The minimum Gasteiger partial charge on any atom is -0.457 e. The number of carbonyl (C=O) groups is 1. The van der Waals surface area contributed by atoms with E-state index in [-0.39, 0.29) is 4.90 Å². The first-order chi connectivity index (χ1) is 15.6. The Kier molecular flexibility index (Phi) is 7.74. The summed E-state index contributed by atoms with van der Waals surface area (Å²) in [6.07, 6.45) is 3.15. The number of amides is 1. The van der Waals surface area contributed by atoms with Gasteiger partial charge in [0.1, 0.15) is 23.3 Å². The summed E-state index contributed by atoms with van der Waals surface area (Å²) >= 11 is 1.29. The van der Waals surface area contributed by atoms with Crippen LogP contribution in [0.15, 0.2) is 64.3 Å². The maximum absolute atomic E-state index is 13.0. The van der Waals surface area contributed by atoms with Crippen LogP contribution in [0, 0.1) is 6.92 Å². The molecule has 0 aliphatic rings. The van der Waals surface area contributed by atoms with E-state index in [4.69, 9.17) is 9.26 Å². The van der Waals surface area contributed by atoms with Crippen molar-refractivity contribution in [2.24, 2.45) is 0 Å². The Hall–Kier alpha value is -2.93. The number of ether oxygens (including phenoxy) is 1. The normalized spacial score (nSPS) is 12.8. The van der Waals surface area contributed by atoms with Gasteiger partial charge in [-0.3, -0.25) is 15.0 Å². The third-order valence-corrected chi connectivity index (χ3v) is 7.49. The Morgan fingerprint density at radius 1 is 1.18 bits per heavy atom. The molecule has 2 heterocycles. The molecule has 3 aromatic rings. The van der Waals surface area contributed by atoms with E-state index in [1.807, 2.05) is 0 Å². The molecule has 12 heteroatoms. The molecule has 0 spiro atoms. The third kappa shape index (κ3) is 6.54. The van der Waals surface area contributed by atoms with Crippen molar-refractivity contribution in [2.45, 2.75) is 42.2 Å². The molecule has 0 radical (unpaired) electrons. The lowest BCUT2D eigenvalue weighted by Gasteiger charge is -2.32. The van der Waals surface area contributed by atoms with E-state index >= 15 is 0 Å². The van der Waals surface area contributed by atoms with Gasteiger partial charge in [-0.1, -0.05) is 5.16 Å². The molecule has 33 heavy (non-hydrogen) atoms. The van der Waals surface area contributed by atoms with Crippen LogP contribution in [0.25, 0.3) is 0 Å². The van der Waals surface area contributed by atoms with Crippen LogP contribution >= 0.6 is 11.8 Å². The molecule has 0 saturated heterocycles. The number of pyridine rings is 1. The summed E-state index contributed by atoms with van der Waals surface area (Å²) in [4.78, 5) is 16.2. The quantitative estimate of drug-likeness (QED) is 0.287. The number of hydrogen-bond acceptors (Lipinski definition) is 9. The lowest BCUT2D eigenvalue weighted by Crippen LogP contribution is -2.55. The molecule has 0 aliphatic heterocycles. The van der Waals surface area contributed by atoms with Crippen LogP contribution in [0.1, 0.15) is 25.3 Å². The van der Waals surface area contributed by atoms with Gasteiger partial charge in [0.15, 0.2) is 0 Å². The molecule has 3 rings (SSSR count). The molecule has 1 aromatic carbocycles. The predicted octanol–water partition coefficient (Wildman–Crippen LogP) is 3.03. The average Bonchev–Trinajstić information content (AvgIpc) is 3.22. The van der Waals surface area contributed by atoms with E-state index in [0.717, 1.165) is 0 Å². The summed E-state index contributed by atoms with van der Waals surface area (Å²) in [7, 11) is -4.10. The topological polar surface area (TPSA) is 144 Å². The monoisotopic (exact) mass is 492 g/mol. The molecular formula is C21H24N4O6S2. The molecule has 10 nitrogen and oxygen atoms in total. The van der Waals surface area contributed by atoms with Crippen LogP contribution in [0.4, 0.5) is 0 Å². The van der Waals surface area contributed by atoms with E-state index in [0.29, 0.717) is 28.7 Å². The molecule has 2 aromatic heterocycles. The first-order valence-corrected chi connectivity index (χ1v) is 12.3. The zero-order valence-electron chi connectivity index (χ0n) is 18.2. The number of rotatable bonds is 10. The number of hydrogen-bond donors (Lipinski definition) is 3. The molecule has 1 amide bonds. The Morgan fingerprint density at radius 2 is 1.82 bits per heavy atom. The van der Waals surface area contributed by atoms with Gasteiger partial charge in [0.05, 0.1) is 10.6 Å². The number of benzene rings is 1. The van der Waals surface area contributed by atoms with Crippen molar-refractivity contribution in [3.8, 4) is 11.5 Å². The van der Waals surface area contributed by atoms with Gasteiger partial charge in [-0.25, -0.2) is 13.9 Å². The van der Waals surface area contributed by atoms with Gasteiger partial charge in [-0.2, -0.15) is 4.72 Å². The van der Waals surface area contributed by atoms with Gasteiger partial charge in [0, 0.05) is 29.0 Å². The molecule has 0 saturated carbocycles. The number of aryl methyl sites for hydroxylation is 1. The number of nitrogens with one attached hydrogen (secondary N) is 2. The van der Waals surface area contributed by atoms with Crippen molar-refractivity contribution in [1.82, 2.24) is 20.3 Å². The minimum atomic E-state index is -4.10. The highest BCUT2D eigenvalue weighted by molar-refractivity contribution is 8.00. The summed E-state index contributed by atoms with van der Waals surface area (Å²) in [6, 6.07) is 9.55. The zero-order chi connectivity index (χ0) is 24.1. The lowest BCUT2D eigenvalue weighted by molar-refractivity contribution is -0.131. The fraction of sp³-hybridized carbons (Fsp3) is 0.286. The first-order valence-electron chi connectivity index (χ1n) is 9.81. The number of thioether (sulfide) groups is 1. The van der Waals surface area contributed by atoms with E-state index in [1.54, 1.807) is 56.8 Å². The second kappa shape index (κ2) is 10.3. The minimum absolute atomic E-state index is 0.0618. The summed E-state index contributed by atoms with van der Waals surface area (Å²) in [5, 5.41) is 13.1. The van der Waals surface area contributed by atoms with Crippen molar-refractivity contribution in [1.29, 1.82) is 0 Å². The SMILES string of the molecule is Cc1cc(CSC(C)(C)C(NS(=O)(=O)c2ccc(Oc3ccncc3)cc2)C(=O)NO)no1. The number of aromatic nitrogens is 2. The standard InChI is InChI=1S/C21H24N4O6S2/c1-14-12-15(24-31-14)13-32-21(2,3)19(20(26)23-27)25-33(28,29)18-6-4-16(5-7-18)30-17-8-10-22-11-9-17/h4-12,19,25,27H,13H2,1-3H3,(H,23,26). The van der Waals surface area contributed by atoms with Crippen molar-refractivity contribution < 1.29 is 27.7 Å². The Bertz CT molecular complexity index is 1180. The van der Waals surface area contributed by atoms with Gasteiger partial charge < -0.3 is 9.26 Å². The number of carbonyl (C=O) groups excluding carboxylic acids is 1. The number of nitrogens with zero attached hydrogens (tertiary/aromatic N) is 2. The smallest absolute Gasteiger partial charge is 0.262 e. The van der Waals surface area contributed by atoms with Crippen molar-refractivity contribution in [2.75, 3.05) is 0 Å². The maximum atomic E-state index is 13.0. The van der Waals surface area contributed by atoms with E-state index in [9.17, 15) is 18.4 Å². The van der Waals surface area contributed by atoms with Gasteiger partial charge in [0.25, 0.3) is 5.91 Å². The Labute approximate surface area is 195 Å². The highest BCUT2D eigenvalue weighted by Gasteiger charge is 2.39. The van der Waals surface area contributed by atoms with Crippen LogP contribution in [0.3, 0.4) is 0 Å². The van der Waals surface area contributed by atoms with Crippen LogP contribution in [-0.2, 0) is 20.6 Å². The number of hydroxylamine groups is 1. The van der Waals surface area contributed by atoms with Crippen LogP contribution < -0.4 is 14.9 Å². The number of sulfonamides is 1. The summed E-state index contributed by atoms with van der Waals surface area (Å²) < 4.78 is 38.1. The summed E-state index contributed by atoms with van der Waals surface area (Å²) in [6.45, 7) is 5.15. The third-order valence-electron chi connectivity index (χ3n) is 4.63. The van der Waals surface area contributed by atoms with Crippen molar-refractivity contribution in [3.05, 3.63) is 66.3 Å². The van der Waals surface area contributed by atoms with E-state index in [1.165, 1.54) is 36.0 Å². The molecule has 0 fully saturated rings. The van der Waals surface area contributed by atoms with Crippen LogP contribution in [-0.4, -0.2) is 40.5 Å². The van der Waals surface area contributed by atoms with Gasteiger partial charge >= 0.3 is 0 Å². The predicted molar refractivity (Wildman–Crippen MR) is 121 cm³/mol. The molecule has 3 N–H and O–H groups in total. The largest absolute Gasteiger partial charge is 0.457 e. The molecule has 0 bridgehead atoms. The van der Waals surface area contributed by atoms with E-state index < -0.39 is 26.7 Å². The fourth-order valence-electron chi connectivity index (χ4n) is 2.86. The average molecular weight is 493 g/mol. The van der Waals surface area contributed by atoms with Gasteiger partial charge in [-0.15, -0.1) is 11.8 Å². The fourth-order valence-corrected chi connectivity index (χ4v) is 5.26. The highest BCUT2D eigenvalue weighted by atomic mass is 32.2. The summed E-state index contributed by atoms with van der Waals surface area (Å²) in [5.74, 6) is 1.13. The summed E-state index contributed by atoms with van der Waals surface area (Å²) in [5.41, 5.74) is 2.20. The highest BCUT2D eigenvalue weighted by Crippen LogP contribution is 2.32. The Morgan fingerprint density at radius 3 is 2.39 bits per heavy atom. The zero-order valence-corrected chi connectivity index (χ0v) is 19.8. The van der Waals surface area contributed by atoms with Crippen molar-refractivity contribution >= 4 is 27.7 Å². The molecule has 176 valence electrons. The molecule has 1 unspecified atom stereocenters. The van der Waals surface area contributed by atoms with Crippen LogP contribution in [0.2, 0.25) is 0 Å². The lowest BCUT2D eigenvalue weighted by atomic mass is 10.0. The van der Waals surface area contributed by atoms with Crippen LogP contribution in [0.5, 0.6) is 11.5 Å². The Balaban J connectivity index is 1.75. The van der Waals surface area contributed by atoms with Gasteiger partial charge in [0.2, 0.25) is 10.0 Å². The first kappa shape index (κ1) is 24.7. The second-order valence-electron chi connectivity index (χ2n) is 7.61. The molecular weight excluding hydrogens is 468 g/mol. The molecule has 0 aliphatic carbocycles. The second-order valence-corrected chi connectivity index (χ2v) is 11.0. The van der Waals surface area contributed by atoms with E-state index in [2.05, 4.69) is 14.9 Å². The molecule has 1 atom stereocenters. The van der Waals surface area contributed by atoms with Crippen molar-refractivity contribution in [3.63, 3.8) is 0 Å². The van der Waals surface area contributed by atoms with Gasteiger partial charge in [-0.05, 0) is 57.2 Å². The maximum Gasteiger partial charge on any atom is 0.262 e.